The van der Waals surface area contributed by atoms with E-state index in [4.69, 9.17) is 15.9 Å². The van der Waals surface area contributed by atoms with E-state index in [-0.39, 0.29) is 54.3 Å². The van der Waals surface area contributed by atoms with Crippen LogP contribution in [0.5, 0.6) is 0 Å². The van der Waals surface area contributed by atoms with Crippen molar-refractivity contribution in [3.8, 4) is 0 Å². The van der Waals surface area contributed by atoms with Crippen LogP contribution < -0.4 is 38.4 Å². The smallest absolute Gasteiger partial charge is 0.417 e. The van der Waals surface area contributed by atoms with Gasteiger partial charge in [-0.05, 0) is 49.9 Å². The van der Waals surface area contributed by atoms with Crippen LogP contribution in [0, 0.1) is 0 Å². The topological polar surface area (TPSA) is 194 Å². The molecule has 0 radical (unpaired) electrons. The molecule has 3 amide bonds. The summed E-state index contributed by atoms with van der Waals surface area (Å²) in [6, 6.07) is 10.2. The van der Waals surface area contributed by atoms with Gasteiger partial charge in [0.15, 0.2) is 5.96 Å². The van der Waals surface area contributed by atoms with Crippen LogP contribution in [-0.4, -0.2) is 54.9 Å². The number of rotatable bonds is 12. The Balaban J connectivity index is 1.56. The second-order valence-electron chi connectivity index (χ2n) is 10.6. The summed E-state index contributed by atoms with van der Waals surface area (Å²) in [4.78, 5) is 55.7. The molecular weight excluding hydrogens is 595 g/mol. The maximum absolute atomic E-state index is 13.6. The van der Waals surface area contributed by atoms with Gasteiger partial charge in [0.25, 0.3) is 0 Å². The number of carbonyl (C=O) groups excluding carboxylic acids is 3. The summed E-state index contributed by atoms with van der Waals surface area (Å²) in [6.45, 7) is 0.836. The summed E-state index contributed by atoms with van der Waals surface area (Å²) >= 11 is 0. The average molecular weight is 630 g/mol. The number of amides is 3. The van der Waals surface area contributed by atoms with Gasteiger partial charge in [0.1, 0.15) is 17.7 Å². The van der Waals surface area contributed by atoms with Gasteiger partial charge in [-0.25, -0.2) is 4.79 Å². The van der Waals surface area contributed by atoms with Crippen LogP contribution in [0.1, 0.15) is 36.8 Å². The van der Waals surface area contributed by atoms with Crippen molar-refractivity contribution in [2.75, 3.05) is 18.4 Å². The zero-order valence-electron chi connectivity index (χ0n) is 24.2. The van der Waals surface area contributed by atoms with E-state index in [0.29, 0.717) is 19.0 Å². The van der Waals surface area contributed by atoms with Crippen LogP contribution in [0.2, 0.25) is 0 Å². The minimum Gasteiger partial charge on any atom is -0.423 e. The SMILES string of the molecule is NC(N)=NCCCC(NC(=O)C(Cc1ccccc1)NC(=O)C1CCCN1)C(=O)Nc1ccc2c(C(F)(F)F)cc(=O)oc2c1. The molecule has 0 saturated carbocycles. The van der Waals surface area contributed by atoms with Crippen LogP contribution >= 0.6 is 0 Å². The number of guanidine groups is 1. The van der Waals surface area contributed by atoms with Crippen molar-refractivity contribution in [3.63, 3.8) is 0 Å². The first-order valence-electron chi connectivity index (χ1n) is 14.3. The number of hydrogen-bond donors (Lipinski definition) is 6. The number of nitrogens with one attached hydrogen (secondary N) is 4. The average Bonchev–Trinajstić information content (AvgIpc) is 3.53. The molecule has 0 bridgehead atoms. The van der Waals surface area contributed by atoms with E-state index in [1.165, 1.54) is 6.07 Å². The number of fused-ring (bicyclic) bond motifs is 1. The molecule has 240 valence electrons. The molecule has 2 heterocycles. The Morgan fingerprint density at radius 3 is 2.44 bits per heavy atom. The highest BCUT2D eigenvalue weighted by atomic mass is 19.4. The molecule has 4 rings (SSSR count). The lowest BCUT2D eigenvalue weighted by atomic mass is 10.0. The number of nitrogens with two attached hydrogens (primary N) is 2. The van der Waals surface area contributed by atoms with Gasteiger partial charge in [-0.2, -0.15) is 13.2 Å². The number of halogens is 3. The van der Waals surface area contributed by atoms with Crippen molar-refractivity contribution in [2.45, 2.75) is 56.4 Å². The van der Waals surface area contributed by atoms with Crippen molar-refractivity contribution in [2.24, 2.45) is 16.5 Å². The Labute approximate surface area is 255 Å². The third-order valence-electron chi connectivity index (χ3n) is 7.19. The van der Waals surface area contributed by atoms with E-state index in [1.807, 2.05) is 18.2 Å². The van der Waals surface area contributed by atoms with Gasteiger partial charge >= 0.3 is 11.8 Å². The lowest BCUT2D eigenvalue weighted by molar-refractivity contribution is -0.136. The number of anilines is 1. The molecule has 1 saturated heterocycles. The highest BCUT2D eigenvalue weighted by Gasteiger charge is 2.34. The quantitative estimate of drug-likeness (QED) is 0.0755. The monoisotopic (exact) mass is 629 g/mol. The third-order valence-corrected chi connectivity index (χ3v) is 7.19. The summed E-state index contributed by atoms with van der Waals surface area (Å²) in [6.07, 6.45) is -2.86. The van der Waals surface area contributed by atoms with Crippen LogP contribution in [0.3, 0.4) is 0 Å². The Morgan fingerprint density at radius 1 is 1.02 bits per heavy atom. The summed E-state index contributed by atoms with van der Waals surface area (Å²) in [5, 5.41) is 10.8. The summed E-state index contributed by atoms with van der Waals surface area (Å²) in [5.74, 6) is -1.81. The fraction of sp³-hybridized carbons (Fsp3) is 0.367. The molecule has 12 nitrogen and oxygen atoms in total. The molecule has 2 aromatic carbocycles. The maximum Gasteiger partial charge on any atom is 0.417 e. The zero-order chi connectivity index (χ0) is 32.6. The van der Waals surface area contributed by atoms with E-state index in [0.717, 1.165) is 24.1 Å². The van der Waals surface area contributed by atoms with Gasteiger partial charge in [-0.1, -0.05) is 30.3 Å². The fourth-order valence-corrected chi connectivity index (χ4v) is 4.99. The predicted molar refractivity (Wildman–Crippen MR) is 161 cm³/mol. The van der Waals surface area contributed by atoms with E-state index < -0.39 is 47.3 Å². The largest absolute Gasteiger partial charge is 0.423 e. The van der Waals surface area contributed by atoms with Crippen molar-refractivity contribution in [1.29, 1.82) is 0 Å². The molecule has 15 heteroatoms. The molecule has 1 aliphatic rings. The molecule has 3 unspecified atom stereocenters. The van der Waals surface area contributed by atoms with Gasteiger partial charge in [0.05, 0.1) is 11.6 Å². The van der Waals surface area contributed by atoms with E-state index in [9.17, 15) is 32.3 Å². The summed E-state index contributed by atoms with van der Waals surface area (Å²) in [5.41, 5.74) is 8.83. The Kier molecular flexibility index (Phi) is 10.8. The van der Waals surface area contributed by atoms with Gasteiger partial charge in [0, 0.05) is 36.2 Å². The first-order chi connectivity index (χ1) is 21.4. The lowest BCUT2D eigenvalue weighted by Crippen LogP contribution is -2.55. The van der Waals surface area contributed by atoms with Gasteiger partial charge in [0.2, 0.25) is 17.7 Å². The normalized spacial score (nSPS) is 16.0. The Hall–Kier alpha value is -4.92. The van der Waals surface area contributed by atoms with Crippen molar-refractivity contribution >= 4 is 40.3 Å². The third kappa shape index (κ3) is 9.28. The van der Waals surface area contributed by atoms with Crippen LogP contribution in [0.4, 0.5) is 18.9 Å². The number of benzene rings is 2. The number of aliphatic imine (C=N–C) groups is 1. The van der Waals surface area contributed by atoms with E-state index >= 15 is 0 Å². The van der Waals surface area contributed by atoms with Crippen molar-refractivity contribution in [1.82, 2.24) is 16.0 Å². The molecule has 1 fully saturated rings. The second kappa shape index (κ2) is 14.7. The van der Waals surface area contributed by atoms with E-state index in [1.54, 1.807) is 12.1 Å². The Morgan fingerprint density at radius 2 is 1.78 bits per heavy atom. The molecule has 3 aromatic rings. The minimum absolute atomic E-state index is 0.0277. The highest BCUT2D eigenvalue weighted by Crippen LogP contribution is 2.34. The number of nitrogens with zero attached hydrogens (tertiary/aromatic N) is 1. The van der Waals surface area contributed by atoms with Crippen molar-refractivity contribution in [3.05, 3.63) is 76.1 Å². The van der Waals surface area contributed by atoms with Crippen LogP contribution in [0.25, 0.3) is 11.0 Å². The maximum atomic E-state index is 13.6. The minimum atomic E-state index is -4.80. The summed E-state index contributed by atoms with van der Waals surface area (Å²) < 4.78 is 45.3. The molecule has 1 aliphatic heterocycles. The fourth-order valence-electron chi connectivity index (χ4n) is 4.99. The zero-order valence-corrected chi connectivity index (χ0v) is 24.2. The van der Waals surface area contributed by atoms with Crippen molar-refractivity contribution < 1.29 is 32.0 Å². The molecule has 45 heavy (non-hydrogen) atoms. The van der Waals surface area contributed by atoms with Gasteiger partial charge in [-0.3, -0.25) is 19.4 Å². The first kappa shape index (κ1) is 33.0. The number of alkyl halides is 3. The van der Waals surface area contributed by atoms with Crippen LogP contribution in [-0.2, 0) is 27.0 Å². The number of hydrogen-bond acceptors (Lipinski definition) is 7. The molecule has 0 aliphatic carbocycles. The second-order valence-corrected chi connectivity index (χ2v) is 10.6. The number of carbonyl (C=O) groups is 3. The molecule has 1 aromatic heterocycles. The predicted octanol–water partition coefficient (Wildman–Crippen LogP) is 1.77. The molecule has 0 spiro atoms. The van der Waals surface area contributed by atoms with Crippen LogP contribution in [0.15, 0.2) is 68.8 Å². The molecule has 8 N–H and O–H groups in total. The van der Waals surface area contributed by atoms with Gasteiger partial charge in [-0.15, -0.1) is 0 Å². The summed E-state index contributed by atoms with van der Waals surface area (Å²) in [7, 11) is 0. The Bertz CT molecular complexity index is 1600. The molecular formula is C30H34F3N7O5. The highest BCUT2D eigenvalue weighted by molar-refractivity contribution is 6.00. The first-order valence-corrected chi connectivity index (χ1v) is 14.3. The standard InChI is InChI=1S/C30H34F3N7O5/c31-30(32,33)20-16-25(41)45-24-15-18(10-11-19(20)24)38-27(43)22(9-5-13-37-29(34)35)39-28(44)23(14-17-6-2-1-3-7-17)40-26(42)21-8-4-12-36-21/h1-3,6-7,10-11,15-16,21-23,36H,4-5,8-9,12-14H2,(H,38,43)(H,39,44)(H,40,42)(H4,34,35,37). The lowest BCUT2D eigenvalue weighted by Gasteiger charge is -2.24. The van der Waals surface area contributed by atoms with Gasteiger partial charge < -0.3 is 37.2 Å². The molecule has 3 atom stereocenters. The van der Waals surface area contributed by atoms with E-state index in [2.05, 4.69) is 26.3 Å².